The molecule has 0 saturated heterocycles. The van der Waals surface area contributed by atoms with Crippen LogP contribution in [0.3, 0.4) is 0 Å². The van der Waals surface area contributed by atoms with Crippen molar-refractivity contribution in [3.8, 4) is 0 Å². The van der Waals surface area contributed by atoms with Crippen molar-refractivity contribution in [1.29, 1.82) is 0 Å². The van der Waals surface area contributed by atoms with E-state index in [0.29, 0.717) is 11.4 Å². The van der Waals surface area contributed by atoms with E-state index in [1.165, 1.54) is 6.92 Å². The van der Waals surface area contributed by atoms with Crippen LogP contribution >= 0.6 is 0 Å². The van der Waals surface area contributed by atoms with Crippen molar-refractivity contribution in [3.63, 3.8) is 0 Å². The highest BCUT2D eigenvalue weighted by Crippen LogP contribution is 2.36. The van der Waals surface area contributed by atoms with Crippen LogP contribution in [0.15, 0.2) is 24.4 Å². The normalized spacial score (nSPS) is 11.7. The van der Waals surface area contributed by atoms with Crippen LogP contribution in [0, 0.1) is 0 Å². The van der Waals surface area contributed by atoms with E-state index in [2.05, 4.69) is 15.3 Å². The Morgan fingerprint density at radius 3 is 2.69 bits per heavy atom. The highest BCUT2D eigenvalue weighted by Gasteiger charge is 2.30. The van der Waals surface area contributed by atoms with Crippen LogP contribution in [-0.4, -0.2) is 27.1 Å². The Morgan fingerprint density at radius 1 is 1.35 bits per heavy atom. The van der Waals surface area contributed by atoms with Gasteiger partial charge in [-0.1, -0.05) is 6.92 Å². The molecule has 26 heavy (non-hydrogen) atoms. The van der Waals surface area contributed by atoms with Crippen LogP contribution in [0.1, 0.15) is 39.0 Å². The SMILES string of the molecule is CCc1cnc(C(C)(C)OC(=O)O)c2[nH]c3ccc(NC(C)=O)cc3c12. The highest BCUT2D eigenvalue weighted by molar-refractivity contribution is 6.11. The molecule has 7 heteroatoms. The number of anilines is 1. The second-order valence-corrected chi connectivity index (χ2v) is 6.68. The number of carbonyl (C=O) groups is 2. The number of aromatic amines is 1. The highest BCUT2D eigenvalue weighted by atomic mass is 16.7. The molecular weight excluding hydrogens is 334 g/mol. The molecule has 3 aromatic rings. The van der Waals surface area contributed by atoms with Crippen LogP contribution < -0.4 is 5.32 Å². The zero-order valence-electron chi connectivity index (χ0n) is 15.1. The van der Waals surface area contributed by atoms with Gasteiger partial charge in [0.15, 0.2) is 5.60 Å². The number of amides is 1. The van der Waals surface area contributed by atoms with E-state index in [9.17, 15) is 9.59 Å². The zero-order valence-corrected chi connectivity index (χ0v) is 15.1. The maximum absolute atomic E-state index is 11.4. The molecule has 2 heterocycles. The molecule has 0 unspecified atom stereocenters. The lowest BCUT2D eigenvalue weighted by Gasteiger charge is -2.23. The number of aryl methyl sites for hydroxylation is 1. The lowest BCUT2D eigenvalue weighted by Crippen LogP contribution is -2.26. The second kappa shape index (κ2) is 6.33. The Labute approximate surface area is 150 Å². The fraction of sp³-hybridized carbons (Fsp3) is 0.316. The summed E-state index contributed by atoms with van der Waals surface area (Å²) >= 11 is 0. The number of hydrogen-bond donors (Lipinski definition) is 3. The number of aromatic nitrogens is 2. The molecule has 0 bridgehead atoms. The predicted molar refractivity (Wildman–Crippen MR) is 99.4 cm³/mol. The van der Waals surface area contributed by atoms with Crippen LogP contribution in [0.2, 0.25) is 0 Å². The summed E-state index contributed by atoms with van der Waals surface area (Å²) in [7, 11) is 0. The predicted octanol–water partition coefficient (Wildman–Crippen LogP) is 4.17. The Bertz CT molecular complexity index is 1020. The summed E-state index contributed by atoms with van der Waals surface area (Å²) in [6.07, 6.45) is 1.16. The molecule has 1 amide bonds. The molecular formula is C19H21N3O4. The van der Waals surface area contributed by atoms with E-state index in [1.54, 1.807) is 20.0 Å². The van der Waals surface area contributed by atoms with Gasteiger partial charge in [-0.3, -0.25) is 9.78 Å². The molecule has 0 aliphatic carbocycles. The largest absolute Gasteiger partial charge is 0.506 e. The van der Waals surface area contributed by atoms with Crippen molar-refractivity contribution in [1.82, 2.24) is 9.97 Å². The fourth-order valence-electron chi connectivity index (χ4n) is 3.25. The number of ether oxygens (including phenoxy) is 1. The van der Waals surface area contributed by atoms with Gasteiger partial charge in [0.1, 0.15) is 5.69 Å². The molecule has 0 saturated carbocycles. The minimum atomic E-state index is -1.35. The van der Waals surface area contributed by atoms with Crippen LogP contribution in [-0.2, 0) is 21.6 Å². The van der Waals surface area contributed by atoms with E-state index in [-0.39, 0.29) is 5.91 Å². The quantitative estimate of drug-likeness (QED) is 0.609. The number of nitrogens with one attached hydrogen (secondary N) is 2. The average Bonchev–Trinajstić information content (AvgIpc) is 2.90. The Balaban J connectivity index is 2.30. The third-order valence-electron chi connectivity index (χ3n) is 4.32. The summed E-state index contributed by atoms with van der Waals surface area (Å²) in [5, 5.41) is 13.7. The maximum atomic E-state index is 11.4. The van der Waals surface area contributed by atoms with Gasteiger partial charge in [-0.2, -0.15) is 0 Å². The van der Waals surface area contributed by atoms with E-state index < -0.39 is 11.8 Å². The molecule has 0 aliphatic heterocycles. The summed E-state index contributed by atoms with van der Waals surface area (Å²) in [4.78, 5) is 30.2. The molecule has 1 aromatic carbocycles. The number of H-pyrrole nitrogens is 1. The first kappa shape index (κ1) is 17.7. The molecule has 3 rings (SSSR count). The van der Waals surface area contributed by atoms with Gasteiger partial charge >= 0.3 is 6.16 Å². The number of nitrogens with zero attached hydrogens (tertiary/aromatic N) is 1. The first-order chi connectivity index (χ1) is 12.2. The molecule has 3 N–H and O–H groups in total. The number of fused-ring (bicyclic) bond motifs is 3. The monoisotopic (exact) mass is 355 g/mol. The summed E-state index contributed by atoms with van der Waals surface area (Å²) in [5.74, 6) is -0.141. The number of benzene rings is 1. The Morgan fingerprint density at radius 2 is 2.08 bits per heavy atom. The smallest absolute Gasteiger partial charge is 0.450 e. The van der Waals surface area contributed by atoms with Crippen LogP contribution in [0.25, 0.3) is 21.8 Å². The Kier molecular flexibility index (Phi) is 4.31. The second-order valence-electron chi connectivity index (χ2n) is 6.68. The van der Waals surface area contributed by atoms with Gasteiger partial charge in [-0.25, -0.2) is 4.79 Å². The molecule has 0 atom stereocenters. The van der Waals surface area contributed by atoms with E-state index in [0.717, 1.165) is 33.8 Å². The van der Waals surface area contributed by atoms with Gasteiger partial charge in [-0.05, 0) is 44.0 Å². The molecule has 0 radical (unpaired) electrons. The lowest BCUT2D eigenvalue weighted by atomic mass is 9.98. The standard InChI is InChI=1S/C19H21N3O4/c1-5-11-9-20-17(19(3,4)26-18(24)25)16-15(11)13-8-12(21-10(2)23)6-7-14(13)22-16/h6-9,22H,5H2,1-4H3,(H,21,23)(H,24,25). The van der Waals surface area contributed by atoms with Crippen LogP contribution in [0.4, 0.5) is 10.5 Å². The number of hydrogen-bond acceptors (Lipinski definition) is 4. The minimum absolute atomic E-state index is 0.141. The van der Waals surface area contributed by atoms with E-state index in [4.69, 9.17) is 9.84 Å². The summed E-state index contributed by atoms with van der Waals surface area (Å²) in [5.41, 5.74) is 2.75. The van der Waals surface area contributed by atoms with Gasteiger partial charge in [0, 0.05) is 35.1 Å². The molecule has 0 spiro atoms. The first-order valence-electron chi connectivity index (χ1n) is 8.36. The molecule has 7 nitrogen and oxygen atoms in total. The third kappa shape index (κ3) is 3.08. The summed E-state index contributed by atoms with van der Waals surface area (Å²) in [6, 6.07) is 5.61. The summed E-state index contributed by atoms with van der Waals surface area (Å²) in [6.45, 7) is 6.84. The van der Waals surface area contributed by atoms with Gasteiger partial charge in [0.05, 0.1) is 5.52 Å². The van der Waals surface area contributed by atoms with Crippen molar-refractivity contribution in [2.45, 2.75) is 39.7 Å². The zero-order chi connectivity index (χ0) is 19.1. The molecule has 136 valence electrons. The van der Waals surface area contributed by atoms with Gasteiger partial charge in [0.2, 0.25) is 5.91 Å². The third-order valence-corrected chi connectivity index (χ3v) is 4.32. The maximum Gasteiger partial charge on any atom is 0.506 e. The van der Waals surface area contributed by atoms with Crippen molar-refractivity contribution < 1.29 is 19.4 Å². The molecule has 0 fully saturated rings. The summed E-state index contributed by atoms with van der Waals surface area (Å²) < 4.78 is 5.05. The number of carboxylic acid groups (broad SMARTS) is 1. The van der Waals surface area contributed by atoms with Crippen molar-refractivity contribution in [2.75, 3.05) is 5.32 Å². The lowest BCUT2D eigenvalue weighted by molar-refractivity contribution is -0.114. The molecule has 2 aromatic heterocycles. The average molecular weight is 355 g/mol. The van der Waals surface area contributed by atoms with Crippen molar-refractivity contribution in [3.05, 3.63) is 35.7 Å². The van der Waals surface area contributed by atoms with Crippen LogP contribution in [0.5, 0.6) is 0 Å². The number of carbonyl (C=O) groups excluding carboxylic acids is 1. The topological polar surface area (TPSA) is 104 Å². The number of rotatable bonds is 4. The van der Waals surface area contributed by atoms with E-state index >= 15 is 0 Å². The van der Waals surface area contributed by atoms with Gasteiger partial charge < -0.3 is 20.1 Å². The Hall–Kier alpha value is -3.09. The van der Waals surface area contributed by atoms with Crippen molar-refractivity contribution >= 4 is 39.6 Å². The van der Waals surface area contributed by atoms with Crippen molar-refractivity contribution in [2.24, 2.45) is 0 Å². The first-order valence-corrected chi connectivity index (χ1v) is 8.36. The van der Waals surface area contributed by atoms with Gasteiger partial charge in [-0.15, -0.1) is 0 Å². The molecule has 0 aliphatic rings. The van der Waals surface area contributed by atoms with Gasteiger partial charge in [0.25, 0.3) is 0 Å². The van der Waals surface area contributed by atoms with E-state index in [1.807, 2.05) is 25.1 Å². The number of pyridine rings is 1. The fourth-order valence-corrected chi connectivity index (χ4v) is 3.25. The minimum Gasteiger partial charge on any atom is -0.450 e.